The maximum absolute atomic E-state index is 10.3. The zero-order valence-electron chi connectivity index (χ0n) is 4.33. The van der Waals surface area contributed by atoms with Gasteiger partial charge in [0.25, 0.3) is 0 Å². The third-order valence-electron chi connectivity index (χ3n) is 0.519. The van der Waals surface area contributed by atoms with E-state index in [2.05, 4.69) is 0 Å². The van der Waals surface area contributed by atoms with Crippen LogP contribution in [-0.2, 0) is 5.11 Å². The van der Waals surface area contributed by atoms with Crippen molar-refractivity contribution in [2.24, 2.45) is 0 Å². The smallest absolute Gasteiger partial charge is 0.193 e. The third-order valence-corrected chi connectivity index (χ3v) is 0.982. The molecule has 0 aliphatic rings. The summed E-state index contributed by atoms with van der Waals surface area (Å²) in [5.41, 5.74) is 0. The molecule has 0 spiro atoms. The summed E-state index contributed by atoms with van der Waals surface area (Å²) in [6, 6.07) is 0. The normalized spacial score (nSPS) is 16.1. The van der Waals surface area contributed by atoms with E-state index in [0.717, 1.165) is 0 Å². The maximum atomic E-state index is 10.3. The minimum absolute atomic E-state index is 0.0671. The highest BCUT2D eigenvalue weighted by Gasteiger charge is 2.22. The molecule has 1 radical (unpaired) electrons. The number of hydrogen-bond acceptors (Lipinski definition) is 0. The van der Waals surface area contributed by atoms with Gasteiger partial charge in [0.1, 0.15) is 0 Å². The minimum atomic E-state index is -1.37. The first kappa shape index (κ1) is 8.83. The molecular weight excluding hydrogens is 170 g/mol. The Morgan fingerprint density at radius 3 is 1.88 bits per heavy atom. The quantitative estimate of drug-likeness (QED) is 0.547. The van der Waals surface area contributed by atoms with Crippen LogP contribution in [0.25, 0.3) is 0 Å². The van der Waals surface area contributed by atoms with Gasteiger partial charge in [0.05, 0.1) is 6.10 Å². The first-order valence-electron chi connectivity index (χ1n) is 2.14. The summed E-state index contributed by atoms with van der Waals surface area (Å²) >= 11 is 15.8. The molecule has 0 saturated carbocycles. The van der Waals surface area contributed by atoms with Crippen molar-refractivity contribution in [2.75, 3.05) is 0 Å². The molecular formula is C4H6Cl3O. The van der Waals surface area contributed by atoms with E-state index < -0.39 is 9.90 Å². The van der Waals surface area contributed by atoms with Crippen LogP contribution in [0.2, 0.25) is 0 Å². The van der Waals surface area contributed by atoms with E-state index in [0.29, 0.717) is 0 Å². The third kappa shape index (κ3) is 6.83. The van der Waals surface area contributed by atoms with Crippen LogP contribution in [0.15, 0.2) is 0 Å². The molecule has 1 atom stereocenters. The van der Waals surface area contributed by atoms with Crippen molar-refractivity contribution < 1.29 is 5.11 Å². The Hall–Kier alpha value is 0.830. The highest BCUT2D eigenvalue weighted by molar-refractivity contribution is 6.67. The molecule has 0 aromatic rings. The number of halogens is 3. The highest BCUT2D eigenvalue weighted by atomic mass is 35.6. The molecule has 0 rings (SSSR count). The average Bonchev–Trinajstić information content (AvgIpc) is 1.21. The Labute approximate surface area is 63.5 Å². The average molecular weight is 176 g/mol. The van der Waals surface area contributed by atoms with Gasteiger partial charge >= 0.3 is 0 Å². The van der Waals surface area contributed by atoms with Gasteiger partial charge in [0, 0.05) is 6.42 Å². The predicted molar refractivity (Wildman–Crippen MR) is 35.1 cm³/mol. The van der Waals surface area contributed by atoms with Gasteiger partial charge in [0.2, 0.25) is 0 Å². The molecule has 0 N–H and O–H groups in total. The second kappa shape index (κ2) is 3.11. The van der Waals surface area contributed by atoms with Crippen molar-refractivity contribution in [3.63, 3.8) is 0 Å². The first-order chi connectivity index (χ1) is 3.42. The molecule has 49 valence electrons. The van der Waals surface area contributed by atoms with Gasteiger partial charge in [-0.2, -0.15) is 0 Å². The van der Waals surface area contributed by atoms with Gasteiger partial charge in [-0.05, 0) is 6.92 Å². The molecule has 0 aromatic heterocycles. The van der Waals surface area contributed by atoms with Crippen LogP contribution in [0.1, 0.15) is 13.3 Å². The summed E-state index contributed by atoms with van der Waals surface area (Å²) in [6.45, 7) is 1.46. The summed E-state index contributed by atoms with van der Waals surface area (Å²) in [6.07, 6.45) is -0.736. The molecule has 1 unspecified atom stereocenters. The minimum Gasteiger partial charge on any atom is -0.233 e. The second-order valence-corrected chi connectivity index (χ2v) is 4.15. The largest absolute Gasteiger partial charge is 0.233 e. The number of alkyl halides is 3. The van der Waals surface area contributed by atoms with Crippen molar-refractivity contribution in [1.29, 1.82) is 0 Å². The van der Waals surface area contributed by atoms with Crippen molar-refractivity contribution in [2.45, 2.75) is 23.2 Å². The van der Waals surface area contributed by atoms with E-state index in [9.17, 15) is 5.11 Å². The molecule has 8 heavy (non-hydrogen) atoms. The van der Waals surface area contributed by atoms with Crippen LogP contribution in [0.4, 0.5) is 0 Å². The Bertz CT molecular complexity index is 66.2. The van der Waals surface area contributed by atoms with E-state index in [1.54, 1.807) is 0 Å². The Balaban J connectivity index is 3.39. The van der Waals surface area contributed by atoms with Crippen molar-refractivity contribution in [3.8, 4) is 0 Å². The van der Waals surface area contributed by atoms with Crippen molar-refractivity contribution in [3.05, 3.63) is 0 Å². The predicted octanol–water partition coefficient (Wildman–Crippen LogP) is 2.57. The van der Waals surface area contributed by atoms with E-state index in [1.165, 1.54) is 6.92 Å². The van der Waals surface area contributed by atoms with Crippen LogP contribution in [0, 0.1) is 0 Å². The topological polar surface area (TPSA) is 19.9 Å². The second-order valence-electron chi connectivity index (χ2n) is 1.63. The van der Waals surface area contributed by atoms with E-state index in [4.69, 9.17) is 34.8 Å². The SMILES string of the molecule is CC([O])CC(Cl)(Cl)Cl. The van der Waals surface area contributed by atoms with Gasteiger partial charge in [-0.25, -0.2) is 5.11 Å². The molecule has 0 fully saturated rings. The van der Waals surface area contributed by atoms with Gasteiger partial charge in [0.15, 0.2) is 3.79 Å². The lowest BCUT2D eigenvalue weighted by Crippen LogP contribution is -2.11. The van der Waals surface area contributed by atoms with Crippen molar-refractivity contribution in [1.82, 2.24) is 0 Å². The molecule has 0 aromatic carbocycles. The summed E-state index contributed by atoms with van der Waals surface area (Å²) in [5.74, 6) is 0. The van der Waals surface area contributed by atoms with Gasteiger partial charge < -0.3 is 0 Å². The van der Waals surface area contributed by atoms with Crippen LogP contribution in [0.5, 0.6) is 0 Å². The molecule has 0 amide bonds. The fourth-order valence-electron chi connectivity index (χ4n) is 0.326. The van der Waals surface area contributed by atoms with Crippen LogP contribution < -0.4 is 0 Å². The Kier molecular flexibility index (Phi) is 3.44. The number of hydrogen-bond donors (Lipinski definition) is 0. The van der Waals surface area contributed by atoms with E-state index >= 15 is 0 Å². The van der Waals surface area contributed by atoms with Crippen LogP contribution >= 0.6 is 34.8 Å². The maximum Gasteiger partial charge on any atom is 0.193 e. The number of rotatable bonds is 1. The molecule has 0 aliphatic carbocycles. The fourth-order valence-corrected chi connectivity index (χ4v) is 0.978. The van der Waals surface area contributed by atoms with E-state index in [-0.39, 0.29) is 6.42 Å². The lowest BCUT2D eigenvalue weighted by Gasteiger charge is -2.09. The molecule has 0 heterocycles. The van der Waals surface area contributed by atoms with Crippen LogP contribution in [-0.4, -0.2) is 9.90 Å². The van der Waals surface area contributed by atoms with Gasteiger partial charge in [-0.3, -0.25) is 0 Å². The van der Waals surface area contributed by atoms with Crippen LogP contribution in [0.3, 0.4) is 0 Å². The molecule has 0 aliphatic heterocycles. The Morgan fingerprint density at radius 1 is 1.50 bits per heavy atom. The highest BCUT2D eigenvalue weighted by Crippen LogP contribution is 2.31. The summed E-state index contributed by atoms with van der Waals surface area (Å²) in [7, 11) is 0. The molecule has 0 saturated heterocycles. The Morgan fingerprint density at radius 2 is 1.88 bits per heavy atom. The summed E-state index contributed by atoms with van der Waals surface area (Å²) in [5, 5.41) is 10.3. The molecule has 4 heteroatoms. The zero-order chi connectivity index (χ0) is 6.78. The van der Waals surface area contributed by atoms with Gasteiger partial charge in [-0.1, -0.05) is 34.8 Å². The van der Waals surface area contributed by atoms with Crippen molar-refractivity contribution >= 4 is 34.8 Å². The fraction of sp³-hybridized carbons (Fsp3) is 1.00. The summed E-state index contributed by atoms with van der Waals surface area (Å²) in [4.78, 5) is 0. The lowest BCUT2D eigenvalue weighted by atomic mass is 10.3. The molecule has 0 bridgehead atoms. The van der Waals surface area contributed by atoms with E-state index in [1.807, 2.05) is 0 Å². The first-order valence-corrected chi connectivity index (χ1v) is 3.28. The zero-order valence-corrected chi connectivity index (χ0v) is 6.59. The lowest BCUT2D eigenvalue weighted by molar-refractivity contribution is 0.0988. The standard InChI is InChI=1S/C4H6Cl3O/c1-3(8)2-4(5,6)7/h3H,2H2,1H3. The molecule has 1 nitrogen and oxygen atoms in total. The monoisotopic (exact) mass is 175 g/mol. The van der Waals surface area contributed by atoms with Gasteiger partial charge in [-0.15, -0.1) is 0 Å². The summed E-state index contributed by atoms with van der Waals surface area (Å²) < 4.78 is -1.37.